The molecule has 0 aliphatic heterocycles. The second-order valence-electron chi connectivity index (χ2n) is 4.73. The van der Waals surface area contributed by atoms with E-state index in [4.69, 9.17) is 9.84 Å². The maximum absolute atomic E-state index is 12.4. The second kappa shape index (κ2) is 8.39. The number of hydrogen-bond acceptors (Lipinski definition) is 4. The molecule has 1 atom stereocenters. The van der Waals surface area contributed by atoms with Crippen LogP contribution in [0, 0.1) is 0 Å². The third kappa shape index (κ3) is 4.84. The van der Waals surface area contributed by atoms with Crippen molar-refractivity contribution in [2.24, 2.45) is 0 Å². The first-order chi connectivity index (χ1) is 10.0. The number of nitrogens with zero attached hydrogens (tertiary/aromatic N) is 1. The molecule has 6 nitrogen and oxygen atoms in total. The third-order valence-electron chi connectivity index (χ3n) is 3.16. The van der Waals surface area contributed by atoms with Crippen molar-refractivity contribution in [3.63, 3.8) is 0 Å². The number of ether oxygens (including phenoxy) is 1. The number of rotatable bonds is 7. The van der Waals surface area contributed by atoms with Crippen LogP contribution in [0.15, 0.2) is 24.3 Å². The molecule has 2 N–H and O–H groups in total. The van der Waals surface area contributed by atoms with Crippen molar-refractivity contribution in [3.8, 4) is 0 Å². The average Bonchev–Trinajstić information content (AvgIpc) is 2.46. The van der Waals surface area contributed by atoms with Crippen LogP contribution in [0.2, 0.25) is 0 Å². The molecule has 6 heteroatoms. The summed E-state index contributed by atoms with van der Waals surface area (Å²) in [5.74, 6) is -0.451. The number of anilines is 1. The van der Waals surface area contributed by atoms with Crippen molar-refractivity contribution in [1.82, 2.24) is 5.32 Å². The van der Waals surface area contributed by atoms with E-state index in [1.165, 1.54) is 18.9 Å². The number of carbonyl (C=O) groups excluding carboxylic acids is 2. The van der Waals surface area contributed by atoms with E-state index < -0.39 is 0 Å². The first kappa shape index (κ1) is 17.1. The van der Waals surface area contributed by atoms with Crippen LogP contribution >= 0.6 is 0 Å². The molecule has 1 rings (SSSR count). The summed E-state index contributed by atoms with van der Waals surface area (Å²) in [6, 6.07) is 6.61. The Bertz CT molecular complexity index is 484. The molecule has 0 heterocycles. The molecule has 0 aliphatic rings. The highest BCUT2D eigenvalue weighted by Gasteiger charge is 2.18. The van der Waals surface area contributed by atoms with Gasteiger partial charge in [-0.1, -0.05) is 12.1 Å². The smallest absolute Gasteiger partial charge is 0.253 e. The van der Waals surface area contributed by atoms with Gasteiger partial charge in [0.05, 0.1) is 23.9 Å². The van der Waals surface area contributed by atoms with Gasteiger partial charge >= 0.3 is 0 Å². The number of aliphatic hydroxyl groups excluding tert-OH is 1. The van der Waals surface area contributed by atoms with Crippen molar-refractivity contribution in [2.45, 2.75) is 19.4 Å². The van der Waals surface area contributed by atoms with Gasteiger partial charge in [0.15, 0.2) is 0 Å². The molecular weight excluding hydrogens is 272 g/mol. The Hall–Kier alpha value is -1.92. The Morgan fingerprint density at radius 1 is 1.38 bits per heavy atom. The lowest BCUT2D eigenvalue weighted by Crippen LogP contribution is -2.39. The van der Waals surface area contributed by atoms with Gasteiger partial charge in [-0.05, 0) is 18.6 Å². The number of benzene rings is 1. The maximum Gasteiger partial charge on any atom is 0.253 e. The fourth-order valence-electron chi connectivity index (χ4n) is 1.95. The van der Waals surface area contributed by atoms with E-state index in [-0.39, 0.29) is 24.5 Å². The van der Waals surface area contributed by atoms with Gasteiger partial charge in [-0.15, -0.1) is 0 Å². The molecule has 1 aromatic rings. The normalized spacial score (nSPS) is 11.8. The molecular formula is C15H22N2O4. The molecule has 0 fully saturated rings. The fourth-order valence-corrected chi connectivity index (χ4v) is 1.95. The van der Waals surface area contributed by atoms with Crippen LogP contribution < -0.4 is 10.2 Å². The van der Waals surface area contributed by atoms with Crippen molar-refractivity contribution < 1.29 is 19.4 Å². The van der Waals surface area contributed by atoms with E-state index >= 15 is 0 Å². The summed E-state index contributed by atoms with van der Waals surface area (Å²) in [6.07, 6.45) is 0.407. The average molecular weight is 294 g/mol. The fraction of sp³-hybridized carbons (Fsp3) is 0.467. The first-order valence-electron chi connectivity index (χ1n) is 6.75. The zero-order valence-corrected chi connectivity index (χ0v) is 12.6. The zero-order chi connectivity index (χ0) is 15.8. The second-order valence-corrected chi connectivity index (χ2v) is 4.73. The molecule has 0 saturated carbocycles. The maximum atomic E-state index is 12.4. The molecule has 0 spiro atoms. The molecule has 0 bridgehead atoms. The molecule has 0 radical (unpaired) electrons. The number of hydrogen-bond donors (Lipinski definition) is 2. The monoisotopic (exact) mass is 294 g/mol. The summed E-state index contributed by atoms with van der Waals surface area (Å²) in [5, 5.41) is 11.8. The third-order valence-corrected chi connectivity index (χ3v) is 3.16. The molecule has 21 heavy (non-hydrogen) atoms. The number of amides is 2. The summed E-state index contributed by atoms with van der Waals surface area (Å²) >= 11 is 0. The Labute approximate surface area is 124 Å². The Kier molecular flexibility index (Phi) is 6.84. The molecule has 1 unspecified atom stereocenters. The van der Waals surface area contributed by atoms with E-state index in [0.717, 1.165) is 0 Å². The van der Waals surface area contributed by atoms with E-state index in [0.29, 0.717) is 24.3 Å². The van der Waals surface area contributed by atoms with Gasteiger partial charge in [-0.25, -0.2) is 0 Å². The highest BCUT2D eigenvalue weighted by atomic mass is 16.5. The van der Waals surface area contributed by atoms with Crippen LogP contribution in [0.5, 0.6) is 0 Å². The predicted octanol–water partition coefficient (Wildman–Crippen LogP) is 0.796. The van der Waals surface area contributed by atoms with Crippen LogP contribution in [0.1, 0.15) is 23.7 Å². The van der Waals surface area contributed by atoms with Crippen LogP contribution in [0.3, 0.4) is 0 Å². The Balaban J connectivity index is 2.94. The largest absolute Gasteiger partial charge is 0.396 e. The van der Waals surface area contributed by atoms with Crippen LogP contribution in [-0.4, -0.2) is 50.3 Å². The Morgan fingerprint density at radius 2 is 2.05 bits per heavy atom. The SMILES string of the molecule is COCC(CCO)NC(=O)c1ccccc1N(C)C(C)=O. The summed E-state index contributed by atoms with van der Waals surface area (Å²) in [5.41, 5.74) is 0.955. The van der Waals surface area contributed by atoms with Gasteiger partial charge in [0.25, 0.3) is 5.91 Å². The number of nitrogens with one attached hydrogen (secondary N) is 1. The van der Waals surface area contributed by atoms with E-state index in [1.807, 2.05) is 0 Å². The minimum Gasteiger partial charge on any atom is -0.396 e. The van der Waals surface area contributed by atoms with E-state index in [9.17, 15) is 9.59 Å². The summed E-state index contributed by atoms with van der Waals surface area (Å²) in [6.45, 7) is 1.72. The van der Waals surface area contributed by atoms with Gasteiger partial charge in [0, 0.05) is 27.7 Å². The number of carbonyl (C=O) groups is 2. The molecule has 116 valence electrons. The topological polar surface area (TPSA) is 78.9 Å². The molecule has 0 aliphatic carbocycles. The minimum atomic E-state index is -0.297. The number of aliphatic hydroxyl groups is 1. The number of para-hydroxylation sites is 1. The lowest BCUT2D eigenvalue weighted by atomic mass is 10.1. The summed E-state index contributed by atoms with van der Waals surface area (Å²) < 4.78 is 5.02. The van der Waals surface area contributed by atoms with E-state index in [1.54, 1.807) is 31.3 Å². The summed E-state index contributed by atoms with van der Waals surface area (Å²) in [4.78, 5) is 25.3. The summed E-state index contributed by atoms with van der Waals surface area (Å²) in [7, 11) is 3.16. The first-order valence-corrected chi connectivity index (χ1v) is 6.75. The minimum absolute atomic E-state index is 0.0384. The standard InChI is InChI=1S/C15H22N2O4/c1-11(19)17(2)14-7-5-4-6-13(14)15(20)16-12(8-9-18)10-21-3/h4-7,12,18H,8-10H2,1-3H3,(H,16,20). The quantitative estimate of drug-likeness (QED) is 0.779. The van der Waals surface area contributed by atoms with Crippen LogP contribution in [-0.2, 0) is 9.53 Å². The van der Waals surface area contributed by atoms with Crippen molar-refractivity contribution in [1.29, 1.82) is 0 Å². The van der Waals surface area contributed by atoms with Crippen molar-refractivity contribution >= 4 is 17.5 Å². The molecule has 2 amide bonds. The van der Waals surface area contributed by atoms with Crippen LogP contribution in [0.4, 0.5) is 5.69 Å². The number of methoxy groups -OCH3 is 1. The van der Waals surface area contributed by atoms with Gasteiger partial charge in [0.2, 0.25) is 5.91 Å². The van der Waals surface area contributed by atoms with Crippen LogP contribution in [0.25, 0.3) is 0 Å². The molecule has 1 aromatic carbocycles. The van der Waals surface area contributed by atoms with Crippen molar-refractivity contribution in [2.75, 3.05) is 32.3 Å². The van der Waals surface area contributed by atoms with Gasteiger partial charge in [-0.3, -0.25) is 9.59 Å². The predicted molar refractivity (Wildman–Crippen MR) is 80.4 cm³/mol. The lowest BCUT2D eigenvalue weighted by molar-refractivity contribution is -0.116. The zero-order valence-electron chi connectivity index (χ0n) is 12.6. The highest BCUT2D eigenvalue weighted by molar-refractivity contribution is 6.04. The van der Waals surface area contributed by atoms with E-state index in [2.05, 4.69) is 5.32 Å². The molecule has 0 aromatic heterocycles. The van der Waals surface area contributed by atoms with Gasteiger partial charge < -0.3 is 20.1 Å². The van der Waals surface area contributed by atoms with Crippen molar-refractivity contribution in [3.05, 3.63) is 29.8 Å². The highest BCUT2D eigenvalue weighted by Crippen LogP contribution is 2.19. The van der Waals surface area contributed by atoms with Gasteiger partial charge in [-0.2, -0.15) is 0 Å². The Morgan fingerprint density at radius 3 is 2.62 bits per heavy atom. The van der Waals surface area contributed by atoms with Gasteiger partial charge in [0.1, 0.15) is 0 Å². The lowest BCUT2D eigenvalue weighted by Gasteiger charge is -2.21. The molecule has 0 saturated heterocycles.